The molecule has 1 fully saturated rings. The molecule has 0 spiro atoms. The molecule has 2 aromatic heterocycles. The molecule has 6 nitrogen and oxygen atoms in total. The molecule has 146 valence electrons. The first-order valence-electron chi connectivity index (χ1n) is 9.83. The van der Waals surface area contributed by atoms with E-state index in [1.165, 1.54) is 5.56 Å². The first-order valence-corrected chi connectivity index (χ1v) is 10.6. The van der Waals surface area contributed by atoms with E-state index in [-0.39, 0.29) is 6.04 Å². The van der Waals surface area contributed by atoms with Crippen molar-refractivity contribution in [2.45, 2.75) is 38.6 Å². The fraction of sp³-hybridized carbons (Fsp3) is 0.429. The van der Waals surface area contributed by atoms with E-state index in [1.54, 1.807) is 17.7 Å². The summed E-state index contributed by atoms with van der Waals surface area (Å²) in [5.74, 6) is 1.21. The number of rotatable bonds is 7. The summed E-state index contributed by atoms with van der Waals surface area (Å²) in [5.41, 5.74) is 1.93. The van der Waals surface area contributed by atoms with E-state index in [0.717, 1.165) is 48.0 Å². The van der Waals surface area contributed by atoms with Gasteiger partial charge in [0.2, 0.25) is 0 Å². The lowest BCUT2D eigenvalue weighted by Crippen LogP contribution is -2.36. The van der Waals surface area contributed by atoms with E-state index < -0.39 is 0 Å². The van der Waals surface area contributed by atoms with Crippen LogP contribution in [0.2, 0.25) is 0 Å². The Morgan fingerprint density at radius 2 is 2.11 bits per heavy atom. The molecule has 7 heteroatoms. The van der Waals surface area contributed by atoms with Gasteiger partial charge in [-0.05, 0) is 31.7 Å². The van der Waals surface area contributed by atoms with Crippen LogP contribution in [-0.2, 0) is 11.2 Å². The van der Waals surface area contributed by atoms with Gasteiger partial charge in [-0.25, -0.2) is 9.97 Å². The first-order chi connectivity index (χ1) is 13.7. The predicted octanol–water partition coefficient (Wildman–Crippen LogP) is 3.71. The maximum absolute atomic E-state index is 12.9. The summed E-state index contributed by atoms with van der Waals surface area (Å²) in [5, 5.41) is 0.886. The summed E-state index contributed by atoms with van der Waals surface area (Å²) >= 11 is 1.60. The SMILES string of the molecule is CCN(C)c1ncnc2nc(N3CCC[C@@H]3C(=O)CCc3ccccc3)sc12. The van der Waals surface area contributed by atoms with Crippen LogP contribution in [0.1, 0.15) is 31.7 Å². The first kappa shape index (κ1) is 18.8. The summed E-state index contributed by atoms with van der Waals surface area (Å²) in [7, 11) is 2.02. The molecule has 1 aromatic carbocycles. The lowest BCUT2D eigenvalue weighted by molar-refractivity contribution is -0.120. The van der Waals surface area contributed by atoms with E-state index in [1.807, 2.05) is 25.2 Å². The fourth-order valence-corrected chi connectivity index (χ4v) is 4.82. The highest BCUT2D eigenvalue weighted by molar-refractivity contribution is 7.22. The highest BCUT2D eigenvalue weighted by Crippen LogP contribution is 2.36. The molecule has 0 saturated carbocycles. The molecule has 1 atom stereocenters. The monoisotopic (exact) mass is 395 g/mol. The number of thiazole rings is 1. The molecule has 3 heterocycles. The minimum absolute atomic E-state index is 0.0791. The largest absolute Gasteiger partial charge is 0.359 e. The van der Waals surface area contributed by atoms with Gasteiger partial charge in [-0.2, -0.15) is 4.98 Å². The number of carbonyl (C=O) groups excluding carboxylic acids is 1. The van der Waals surface area contributed by atoms with Crippen LogP contribution < -0.4 is 9.80 Å². The number of hydrogen-bond donors (Lipinski definition) is 0. The van der Waals surface area contributed by atoms with Gasteiger partial charge in [0.1, 0.15) is 11.0 Å². The van der Waals surface area contributed by atoms with E-state index in [9.17, 15) is 4.79 Å². The molecule has 0 bridgehead atoms. The van der Waals surface area contributed by atoms with Crippen molar-refractivity contribution in [1.82, 2.24) is 15.0 Å². The molecule has 1 aliphatic heterocycles. The Labute approximate surface area is 169 Å². The lowest BCUT2D eigenvalue weighted by Gasteiger charge is -2.22. The van der Waals surface area contributed by atoms with E-state index in [4.69, 9.17) is 4.98 Å². The van der Waals surface area contributed by atoms with Crippen LogP contribution in [0.15, 0.2) is 36.7 Å². The van der Waals surface area contributed by atoms with Crippen molar-refractivity contribution in [2.24, 2.45) is 0 Å². The second-order valence-electron chi connectivity index (χ2n) is 7.16. The molecular formula is C21H25N5OS. The highest BCUT2D eigenvalue weighted by atomic mass is 32.1. The normalized spacial score (nSPS) is 16.6. The van der Waals surface area contributed by atoms with Crippen molar-refractivity contribution in [1.29, 1.82) is 0 Å². The van der Waals surface area contributed by atoms with Crippen LogP contribution in [0.3, 0.4) is 0 Å². The molecule has 0 radical (unpaired) electrons. The maximum Gasteiger partial charge on any atom is 0.188 e. The van der Waals surface area contributed by atoms with Crippen molar-refractivity contribution in [2.75, 3.05) is 29.9 Å². The lowest BCUT2D eigenvalue weighted by atomic mass is 10.0. The molecule has 28 heavy (non-hydrogen) atoms. The second kappa shape index (κ2) is 8.22. The van der Waals surface area contributed by atoms with Crippen LogP contribution in [0.25, 0.3) is 10.3 Å². The Morgan fingerprint density at radius 3 is 2.89 bits per heavy atom. The van der Waals surface area contributed by atoms with Crippen LogP contribution in [-0.4, -0.2) is 46.9 Å². The average Bonchev–Trinajstić information content (AvgIpc) is 3.38. The van der Waals surface area contributed by atoms with Gasteiger partial charge in [0.05, 0.1) is 6.04 Å². The molecule has 1 saturated heterocycles. The van der Waals surface area contributed by atoms with Gasteiger partial charge < -0.3 is 9.80 Å². The zero-order chi connectivity index (χ0) is 19.5. The maximum atomic E-state index is 12.9. The van der Waals surface area contributed by atoms with Crippen molar-refractivity contribution in [3.63, 3.8) is 0 Å². The number of Topliss-reactive ketones (excluding diaryl/α,β-unsaturated/α-hetero) is 1. The minimum Gasteiger partial charge on any atom is -0.359 e. The van der Waals surface area contributed by atoms with Gasteiger partial charge in [-0.1, -0.05) is 41.7 Å². The summed E-state index contributed by atoms with van der Waals surface area (Å²) in [6.45, 7) is 3.83. The third kappa shape index (κ3) is 3.71. The smallest absolute Gasteiger partial charge is 0.188 e. The van der Waals surface area contributed by atoms with Gasteiger partial charge in [-0.3, -0.25) is 4.79 Å². The summed E-state index contributed by atoms with van der Waals surface area (Å²) in [6.07, 6.45) is 4.85. The number of ketones is 1. The molecule has 0 aliphatic carbocycles. The third-order valence-electron chi connectivity index (χ3n) is 5.37. The van der Waals surface area contributed by atoms with E-state index >= 15 is 0 Å². The number of hydrogen-bond acceptors (Lipinski definition) is 7. The second-order valence-corrected chi connectivity index (χ2v) is 8.14. The molecule has 0 unspecified atom stereocenters. The summed E-state index contributed by atoms with van der Waals surface area (Å²) in [4.78, 5) is 30.7. The summed E-state index contributed by atoms with van der Waals surface area (Å²) in [6, 6.07) is 10.1. The topological polar surface area (TPSA) is 62.2 Å². The fourth-order valence-electron chi connectivity index (χ4n) is 3.68. The molecule has 1 aliphatic rings. The van der Waals surface area contributed by atoms with Crippen molar-refractivity contribution >= 4 is 38.4 Å². The van der Waals surface area contributed by atoms with Crippen molar-refractivity contribution < 1.29 is 4.79 Å². The quantitative estimate of drug-likeness (QED) is 0.608. The molecule has 3 aromatic rings. The molecular weight excluding hydrogens is 370 g/mol. The Balaban J connectivity index is 1.54. The number of benzene rings is 1. The van der Waals surface area contributed by atoms with Gasteiger partial charge in [0.15, 0.2) is 22.4 Å². The number of anilines is 2. The number of aryl methyl sites for hydroxylation is 1. The van der Waals surface area contributed by atoms with E-state index in [2.05, 4.69) is 38.8 Å². The zero-order valence-electron chi connectivity index (χ0n) is 16.3. The van der Waals surface area contributed by atoms with Crippen LogP contribution in [0, 0.1) is 0 Å². The number of nitrogens with zero attached hydrogens (tertiary/aromatic N) is 5. The Morgan fingerprint density at radius 1 is 1.29 bits per heavy atom. The van der Waals surface area contributed by atoms with Crippen molar-refractivity contribution in [3.05, 3.63) is 42.2 Å². The predicted molar refractivity (Wildman–Crippen MR) is 114 cm³/mol. The van der Waals surface area contributed by atoms with Crippen LogP contribution >= 0.6 is 11.3 Å². The zero-order valence-corrected chi connectivity index (χ0v) is 17.2. The van der Waals surface area contributed by atoms with Gasteiger partial charge in [-0.15, -0.1) is 0 Å². The number of fused-ring (bicyclic) bond motifs is 1. The van der Waals surface area contributed by atoms with Crippen molar-refractivity contribution in [3.8, 4) is 0 Å². The summed E-state index contributed by atoms with van der Waals surface area (Å²) < 4.78 is 0.990. The van der Waals surface area contributed by atoms with Crippen LogP contribution in [0.4, 0.5) is 10.9 Å². The molecule has 0 amide bonds. The van der Waals surface area contributed by atoms with Crippen LogP contribution in [0.5, 0.6) is 0 Å². The standard InChI is InChI=1S/C21H25N5OS/c1-3-25(2)20-18-19(22-14-23-20)24-21(28-18)26-13-7-10-16(26)17(27)12-11-15-8-5-4-6-9-15/h4-6,8-9,14,16H,3,7,10-13H2,1-2H3/t16-/m1/s1. The number of aromatic nitrogens is 3. The Hall–Kier alpha value is -2.54. The van der Waals surface area contributed by atoms with Gasteiger partial charge in [0.25, 0.3) is 0 Å². The van der Waals surface area contributed by atoms with Gasteiger partial charge in [0, 0.05) is 26.6 Å². The third-order valence-corrected chi connectivity index (χ3v) is 6.45. The Kier molecular flexibility index (Phi) is 5.52. The average molecular weight is 396 g/mol. The molecule has 4 rings (SSSR count). The highest BCUT2D eigenvalue weighted by Gasteiger charge is 2.32. The van der Waals surface area contributed by atoms with E-state index in [0.29, 0.717) is 17.9 Å². The number of carbonyl (C=O) groups is 1. The minimum atomic E-state index is -0.0791. The Bertz CT molecular complexity index is 958. The van der Waals surface area contributed by atoms with Gasteiger partial charge >= 0.3 is 0 Å². The molecule has 0 N–H and O–H groups in total.